The second-order valence-corrected chi connectivity index (χ2v) is 5.06. The summed E-state index contributed by atoms with van der Waals surface area (Å²) in [7, 11) is 0. The lowest BCUT2D eigenvalue weighted by atomic mass is 9.87. The topological polar surface area (TPSA) is 40.5 Å². The highest BCUT2D eigenvalue weighted by molar-refractivity contribution is 5.70. The summed E-state index contributed by atoms with van der Waals surface area (Å²) in [6, 6.07) is 0. The van der Waals surface area contributed by atoms with Crippen LogP contribution in [0.3, 0.4) is 0 Å². The molecule has 3 heteroatoms. The van der Waals surface area contributed by atoms with Crippen LogP contribution in [0.4, 0.5) is 0 Å². The van der Waals surface area contributed by atoms with Crippen LogP contribution in [0, 0.1) is 11.8 Å². The fraction of sp³-hybridized carbons (Fsp3) is 0.923. The summed E-state index contributed by atoms with van der Waals surface area (Å²) < 4.78 is 0. The third kappa shape index (κ3) is 4.12. The van der Waals surface area contributed by atoms with E-state index in [0.29, 0.717) is 5.92 Å². The van der Waals surface area contributed by atoms with E-state index in [4.69, 9.17) is 5.11 Å². The average Bonchev–Trinajstić information content (AvgIpc) is 2.19. The molecule has 0 aromatic heterocycles. The molecule has 1 N–H and O–H groups in total. The molecule has 0 radical (unpaired) electrons. The molecule has 1 rings (SSSR count). The molecule has 1 aliphatic rings. The fourth-order valence-corrected chi connectivity index (χ4v) is 2.25. The predicted molar refractivity (Wildman–Crippen MR) is 65.5 cm³/mol. The van der Waals surface area contributed by atoms with Crippen molar-refractivity contribution in [3.8, 4) is 0 Å². The normalized spacial score (nSPS) is 19.4. The Hall–Kier alpha value is -0.570. The van der Waals surface area contributed by atoms with E-state index in [0.717, 1.165) is 19.6 Å². The first-order valence-corrected chi connectivity index (χ1v) is 6.60. The molecule has 0 amide bonds. The summed E-state index contributed by atoms with van der Waals surface area (Å²) in [6.45, 7) is 7.19. The Morgan fingerprint density at radius 3 is 2.50 bits per heavy atom. The Kier molecular flexibility index (Phi) is 5.81. The van der Waals surface area contributed by atoms with Crippen molar-refractivity contribution in [2.24, 2.45) is 11.8 Å². The van der Waals surface area contributed by atoms with Gasteiger partial charge in [0.25, 0.3) is 0 Å². The van der Waals surface area contributed by atoms with Crippen LogP contribution in [-0.4, -0.2) is 35.6 Å². The van der Waals surface area contributed by atoms with Crippen LogP contribution in [0.5, 0.6) is 0 Å². The maximum Gasteiger partial charge on any atom is 0.306 e. The lowest BCUT2D eigenvalue weighted by Crippen LogP contribution is -2.51. The Morgan fingerprint density at radius 1 is 1.31 bits per heavy atom. The minimum atomic E-state index is -0.646. The molecule has 3 nitrogen and oxygen atoms in total. The Labute approximate surface area is 98.8 Å². The van der Waals surface area contributed by atoms with Gasteiger partial charge < -0.3 is 10.0 Å². The molecule has 0 bridgehead atoms. The number of hydrogen-bond donors (Lipinski definition) is 1. The van der Waals surface area contributed by atoms with Crippen molar-refractivity contribution in [2.45, 2.75) is 46.0 Å². The molecule has 0 aromatic rings. The molecule has 94 valence electrons. The molecular formula is C13H25NO2. The molecule has 1 heterocycles. The van der Waals surface area contributed by atoms with Crippen molar-refractivity contribution in [2.75, 3.05) is 19.6 Å². The van der Waals surface area contributed by atoms with Gasteiger partial charge in [0, 0.05) is 13.1 Å². The van der Waals surface area contributed by atoms with Crippen LogP contribution >= 0.6 is 0 Å². The zero-order chi connectivity index (χ0) is 12.0. The first-order valence-electron chi connectivity index (χ1n) is 6.60. The number of aliphatic carboxylic acids is 1. The predicted octanol–water partition coefficient (Wildman–Crippen LogP) is 2.61. The van der Waals surface area contributed by atoms with Crippen molar-refractivity contribution in [3.63, 3.8) is 0 Å². The minimum absolute atomic E-state index is 0.170. The summed E-state index contributed by atoms with van der Waals surface area (Å²) in [6.07, 6.45) is 6.58. The van der Waals surface area contributed by atoms with E-state index in [1.54, 1.807) is 0 Å². The molecule has 1 unspecified atom stereocenters. The van der Waals surface area contributed by atoms with E-state index in [9.17, 15) is 4.79 Å². The second-order valence-electron chi connectivity index (χ2n) is 5.06. The average molecular weight is 227 g/mol. The smallest absolute Gasteiger partial charge is 0.306 e. The van der Waals surface area contributed by atoms with Gasteiger partial charge in [-0.2, -0.15) is 0 Å². The van der Waals surface area contributed by atoms with Crippen LogP contribution < -0.4 is 0 Å². The van der Waals surface area contributed by atoms with Crippen molar-refractivity contribution in [1.82, 2.24) is 4.90 Å². The van der Waals surface area contributed by atoms with Crippen molar-refractivity contribution >= 4 is 5.97 Å². The highest BCUT2D eigenvalue weighted by atomic mass is 16.4. The van der Waals surface area contributed by atoms with Crippen LogP contribution in [0.1, 0.15) is 46.0 Å². The van der Waals surface area contributed by atoms with E-state index in [1.807, 2.05) is 6.92 Å². The molecule has 16 heavy (non-hydrogen) atoms. The number of carboxylic acids is 1. The lowest BCUT2D eigenvalue weighted by molar-refractivity contribution is -0.145. The monoisotopic (exact) mass is 227 g/mol. The quantitative estimate of drug-likeness (QED) is 0.648. The molecule has 1 aliphatic heterocycles. The Morgan fingerprint density at radius 2 is 1.94 bits per heavy atom. The van der Waals surface area contributed by atoms with Crippen LogP contribution in [0.25, 0.3) is 0 Å². The SMILES string of the molecule is CCCCCCCN1CC(C(C)C(=O)O)C1. The summed E-state index contributed by atoms with van der Waals surface area (Å²) in [4.78, 5) is 13.1. The summed E-state index contributed by atoms with van der Waals surface area (Å²) in [5.41, 5.74) is 0. The summed E-state index contributed by atoms with van der Waals surface area (Å²) >= 11 is 0. The third-order valence-corrected chi connectivity index (χ3v) is 3.66. The van der Waals surface area contributed by atoms with Crippen molar-refractivity contribution in [3.05, 3.63) is 0 Å². The van der Waals surface area contributed by atoms with E-state index in [-0.39, 0.29) is 5.92 Å². The molecule has 1 saturated heterocycles. The van der Waals surface area contributed by atoms with Gasteiger partial charge in [-0.05, 0) is 18.9 Å². The standard InChI is InChI=1S/C13H25NO2/c1-3-4-5-6-7-8-14-9-12(10-14)11(2)13(15)16/h11-12H,3-10H2,1-2H3,(H,15,16). The number of rotatable bonds is 8. The van der Waals surface area contributed by atoms with Gasteiger partial charge in [-0.3, -0.25) is 4.79 Å². The largest absolute Gasteiger partial charge is 0.481 e. The number of hydrogen-bond acceptors (Lipinski definition) is 2. The van der Waals surface area contributed by atoms with Crippen LogP contribution in [0.2, 0.25) is 0 Å². The Bertz CT molecular complexity index is 212. The molecule has 1 atom stereocenters. The zero-order valence-electron chi connectivity index (χ0n) is 10.6. The van der Waals surface area contributed by atoms with Gasteiger partial charge in [0.1, 0.15) is 0 Å². The number of carboxylic acid groups (broad SMARTS) is 1. The third-order valence-electron chi connectivity index (χ3n) is 3.66. The van der Waals surface area contributed by atoms with Gasteiger partial charge in [-0.25, -0.2) is 0 Å². The van der Waals surface area contributed by atoms with Gasteiger partial charge in [-0.15, -0.1) is 0 Å². The van der Waals surface area contributed by atoms with Gasteiger partial charge in [-0.1, -0.05) is 39.5 Å². The molecule has 0 saturated carbocycles. The maximum absolute atomic E-state index is 10.8. The molecule has 0 spiro atoms. The summed E-state index contributed by atoms with van der Waals surface area (Å²) in [5, 5.41) is 8.86. The van der Waals surface area contributed by atoms with Crippen LogP contribution in [0.15, 0.2) is 0 Å². The first-order chi connectivity index (χ1) is 7.65. The van der Waals surface area contributed by atoms with Crippen LogP contribution in [-0.2, 0) is 4.79 Å². The molecule has 0 aliphatic carbocycles. The fourth-order valence-electron chi connectivity index (χ4n) is 2.25. The number of nitrogens with zero attached hydrogens (tertiary/aromatic N) is 1. The molecule has 0 aromatic carbocycles. The molecule has 1 fully saturated rings. The highest BCUT2D eigenvalue weighted by Gasteiger charge is 2.33. The highest BCUT2D eigenvalue weighted by Crippen LogP contribution is 2.24. The van der Waals surface area contributed by atoms with Crippen molar-refractivity contribution in [1.29, 1.82) is 0 Å². The Balaban J connectivity index is 1.97. The second kappa shape index (κ2) is 6.89. The minimum Gasteiger partial charge on any atom is -0.481 e. The number of likely N-dealkylation sites (tertiary alicyclic amines) is 1. The zero-order valence-corrected chi connectivity index (χ0v) is 10.6. The summed E-state index contributed by atoms with van der Waals surface area (Å²) in [5.74, 6) is -0.433. The number of unbranched alkanes of at least 4 members (excludes halogenated alkanes) is 4. The first kappa shape index (κ1) is 13.5. The van der Waals surface area contributed by atoms with Gasteiger partial charge in [0.05, 0.1) is 5.92 Å². The van der Waals surface area contributed by atoms with Gasteiger partial charge in [0.15, 0.2) is 0 Å². The van der Waals surface area contributed by atoms with E-state index in [1.165, 1.54) is 32.1 Å². The lowest BCUT2D eigenvalue weighted by Gasteiger charge is -2.41. The number of carbonyl (C=O) groups is 1. The van der Waals surface area contributed by atoms with Gasteiger partial charge in [0.2, 0.25) is 0 Å². The van der Waals surface area contributed by atoms with E-state index in [2.05, 4.69) is 11.8 Å². The maximum atomic E-state index is 10.8. The molecular weight excluding hydrogens is 202 g/mol. The van der Waals surface area contributed by atoms with E-state index >= 15 is 0 Å². The van der Waals surface area contributed by atoms with E-state index < -0.39 is 5.97 Å². The van der Waals surface area contributed by atoms with Gasteiger partial charge >= 0.3 is 5.97 Å². The van der Waals surface area contributed by atoms with Crippen molar-refractivity contribution < 1.29 is 9.90 Å².